The van der Waals surface area contributed by atoms with Crippen LogP contribution in [0, 0.1) is 152 Å². The molecule has 0 saturated heterocycles. The standard InChI is InChI=1S/C72H144O2/c1-45(57(12,13)14)68(46(2)58(15,16)17,47(3)59(18,19)20)70(50(6)62(27,28)29,51(7)63(30,31)32)72(54(10)66(39,40)41,55(11)67(42,43)44)71(52(8)64(33,34)35,53(9)65(36,37)38)69(56(73)74,48(4)60(21,22)23)49(5)61(24,25)26/h45-55H,1-44H3,(H,73,74)/p-1. The molecule has 0 fully saturated rings. The number of carbonyl (C=O) groups is 1. The van der Waals surface area contributed by atoms with Gasteiger partial charge in [-0.05, 0) is 146 Å². The molecule has 0 aliphatic rings. The summed E-state index contributed by atoms with van der Waals surface area (Å²) in [6.45, 7) is 113. The van der Waals surface area contributed by atoms with Crippen molar-refractivity contribution in [2.75, 3.05) is 0 Å². The van der Waals surface area contributed by atoms with Crippen LogP contribution in [0.3, 0.4) is 0 Å². The van der Waals surface area contributed by atoms with E-state index in [4.69, 9.17) is 0 Å². The number of hydrogen-bond acceptors (Lipinski definition) is 2. The van der Waals surface area contributed by atoms with Crippen LogP contribution in [0.1, 0.15) is 305 Å². The predicted molar refractivity (Wildman–Crippen MR) is 332 cm³/mol. The zero-order chi connectivity index (χ0) is 60.9. The van der Waals surface area contributed by atoms with Gasteiger partial charge in [0.15, 0.2) is 0 Å². The fourth-order valence-corrected chi connectivity index (χ4v) is 17.9. The summed E-state index contributed by atoms with van der Waals surface area (Å²) in [5, 5.41) is 17.2. The van der Waals surface area contributed by atoms with Gasteiger partial charge < -0.3 is 9.90 Å². The minimum absolute atomic E-state index is 0.0302. The van der Waals surface area contributed by atoms with Gasteiger partial charge in [0.05, 0.1) is 0 Å². The van der Waals surface area contributed by atoms with Crippen molar-refractivity contribution in [3.63, 3.8) is 0 Å². The molecule has 0 radical (unpaired) electrons. The maximum Gasteiger partial charge on any atom is 0.0487 e. The van der Waals surface area contributed by atoms with E-state index in [0.717, 1.165) is 0 Å². The molecular weight excluding hydrogens is 897 g/mol. The maximum atomic E-state index is 17.2. The van der Waals surface area contributed by atoms with Crippen molar-refractivity contribution < 1.29 is 9.90 Å². The van der Waals surface area contributed by atoms with Crippen molar-refractivity contribution in [3.8, 4) is 0 Å². The van der Waals surface area contributed by atoms with Crippen LogP contribution in [-0.4, -0.2) is 5.97 Å². The summed E-state index contributed by atoms with van der Waals surface area (Å²) >= 11 is 0. The summed E-state index contributed by atoms with van der Waals surface area (Å²) in [4.78, 5) is 17.2. The molecule has 2 heteroatoms. The Kier molecular flexibility index (Phi) is 21.3. The van der Waals surface area contributed by atoms with Crippen LogP contribution < -0.4 is 5.11 Å². The number of carbonyl (C=O) groups excluding carboxylic acids is 1. The first kappa shape index (κ1) is 73.5. The molecular formula is C72H143O2-. The minimum atomic E-state index is -1.41. The minimum Gasteiger partial charge on any atom is -0.550 e. The molecule has 74 heavy (non-hydrogen) atoms. The summed E-state index contributed by atoms with van der Waals surface area (Å²) < 4.78 is 0. The first-order valence-electron chi connectivity index (χ1n) is 30.9. The van der Waals surface area contributed by atoms with Crippen molar-refractivity contribution in [2.45, 2.75) is 305 Å². The van der Waals surface area contributed by atoms with Crippen LogP contribution in [0.5, 0.6) is 0 Å². The highest BCUT2D eigenvalue weighted by Gasteiger charge is 2.87. The second-order valence-electron chi connectivity index (χ2n) is 38.7. The van der Waals surface area contributed by atoms with E-state index >= 15 is 9.90 Å². The quantitative estimate of drug-likeness (QED) is 0.155. The highest BCUT2D eigenvalue weighted by molar-refractivity contribution is 5.76. The first-order chi connectivity index (χ1) is 31.6. The van der Waals surface area contributed by atoms with Gasteiger partial charge in [-0.2, -0.15) is 0 Å². The van der Waals surface area contributed by atoms with Crippen LogP contribution >= 0.6 is 0 Å². The Morgan fingerprint density at radius 2 is 0.351 bits per heavy atom. The van der Waals surface area contributed by atoms with Crippen LogP contribution in [0.2, 0.25) is 0 Å². The third-order valence-electron chi connectivity index (χ3n) is 25.0. The maximum absolute atomic E-state index is 17.2. The van der Waals surface area contributed by atoms with E-state index in [1.807, 2.05) is 0 Å². The molecule has 444 valence electrons. The Bertz CT molecular complexity index is 1680. The molecule has 0 aromatic rings. The molecule has 2 nitrogen and oxygen atoms in total. The van der Waals surface area contributed by atoms with Gasteiger partial charge in [-0.25, -0.2) is 0 Å². The lowest BCUT2D eigenvalue weighted by Crippen LogP contribution is -2.85. The highest BCUT2D eigenvalue weighted by atomic mass is 16.4. The van der Waals surface area contributed by atoms with E-state index in [1.165, 1.54) is 0 Å². The molecule has 11 unspecified atom stereocenters. The second kappa shape index (κ2) is 21.4. The van der Waals surface area contributed by atoms with E-state index in [1.54, 1.807) is 0 Å². The van der Waals surface area contributed by atoms with E-state index in [9.17, 15) is 0 Å². The predicted octanol–water partition coefficient (Wildman–Crippen LogP) is 22.2. The monoisotopic (exact) mass is 1040 g/mol. The van der Waals surface area contributed by atoms with Gasteiger partial charge in [-0.15, -0.1) is 0 Å². The molecule has 0 aromatic heterocycles. The molecule has 0 aromatic carbocycles. The zero-order valence-corrected chi connectivity index (χ0v) is 59.7. The molecule has 0 bridgehead atoms. The lowest BCUT2D eigenvalue weighted by Gasteiger charge is -2.87. The molecule has 0 rings (SSSR count). The number of hydrogen-bond donors (Lipinski definition) is 0. The molecule has 0 amide bonds. The Balaban J connectivity index is 13.9. The van der Waals surface area contributed by atoms with E-state index in [0.29, 0.717) is 0 Å². The third kappa shape index (κ3) is 11.8. The Hall–Kier alpha value is -0.530. The molecule has 0 saturated carbocycles. The lowest BCUT2D eigenvalue weighted by molar-refractivity contribution is -0.422. The summed E-state index contributed by atoms with van der Waals surface area (Å²) in [6.07, 6.45) is 0. The summed E-state index contributed by atoms with van der Waals surface area (Å²) in [7, 11) is 0. The van der Waals surface area contributed by atoms with Gasteiger partial charge in [-0.3, -0.25) is 0 Å². The van der Waals surface area contributed by atoms with E-state index < -0.39 is 43.9 Å². The fourth-order valence-electron chi connectivity index (χ4n) is 17.9. The van der Waals surface area contributed by atoms with Crippen LogP contribution in [0.25, 0.3) is 0 Å². The average molecular weight is 1040 g/mol. The fraction of sp³-hybridized carbons (Fsp3) is 0.986. The average Bonchev–Trinajstić information content (AvgIpc) is 3.13. The van der Waals surface area contributed by atoms with Crippen molar-refractivity contribution in [3.05, 3.63) is 0 Å². The van der Waals surface area contributed by atoms with Gasteiger partial charge in [0.2, 0.25) is 0 Å². The Labute approximate surface area is 470 Å². The summed E-state index contributed by atoms with van der Waals surface area (Å²) in [5.41, 5.74) is -7.44. The van der Waals surface area contributed by atoms with Gasteiger partial charge in [0, 0.05) is 11.4 Å². The van der Waals surface area contributed by atoms with Crippen molar-refractivity contribution >= 4 is 5.97 Å². The van der Waals surface area contributed by atoms with Gasteiger partial charge >= 0.3 is 0 Å². The summed E-state index contributed by atoms with van der Waals surface area (Å²) in [5.74, 6) is -1.18. The number of aliphatic carboxylic acids is 1. The smallest absolute Gasteiger partial charge is 0.0487 e. The largest absolute Gasteiger partial charge is 0.550 e. The van der Waals surface area contributed by atoms with Crippen molar-refractivity contribution in [2.24, 2.45) is 152 Å². The zero-order valence-electron chi connectivity index (χ0n) is 59.7. The summed E-state index contributed by atoms with van der Waals surface area (Å²) in [6, 6.07) is 0. The number of rotatable bonds is 16. The van der Waals surface area contributed by atoms with Crippen molar-refractivity contribution in [1.82, 2.24) is 0 Å². The molecule has 0 N–H and O–H groups in total. The molecule has 11 atom stereocenters. The van der Waals surface area contributed by atoms with Crippen molar-refractivity contribution in [1.29, 1.82) is 0 Å². The highest BCUT2D eigenvalue weighted by Crippen LogP contribution is 2.90. The Morgan fingerprint density at radius 1 is 0.216 bits per heavy atom. The normalized spacial score (nSPS) is 23.7. The molecule has 0 heterocycles. The van der Waals surface area contributed by atoms with Crippen LogP contribution in [0.4, 0.5) is 0 Å². The third-order valence-corrected chi connectivity index (χ3v) is 25.0. The van der Waals surface area contributed by atoms with E-state index in [2.05, 4.69) is 305 Å². The van der Waals surface area contributed by atoms with Gasteiger partial charge in [0.25, 0.3) is 0 Å². The van der Waals surface area contributed by atoms with E-state index in [-0.39, 0.29) is 114 Å². The van der Waals surface area contributed by atoms with Crippen LogP contribution in [0.15, 0.2) is 0 Å². The lowest BCUT2D eigenvalue weighted by atomic mass is 9.16. The Morgan fingerprint density at radius 3 is 0.486 bits per heavy atom. The number of carboxylic acid groups (broad SMARTS) is 1. The molecule has 0 aliphatic heterocycles. The second-order valence-corrected chi connectivity index (χ2v) is 38.7. The number of carboxylic acids is 1. The topological polar surface area (TPSA) is 40.1 Å². The molecule has 0 spiro atoms. The van der Waals surface area contributed by atoms with Gasteiger partial charge in [-0.1, -0.05) is 305 Å². The van der Waals surface area contributed by atoms with Gasteiger partial charge in [0.1, 0.15) is 0 Å². The first-order valence-corrected chi connectivity index (χ1v) is 30.9. The molecule has 0 aliphatic carbocycles. The SMILES string of the molecule is CC(C(C)(C)C)C(C(=O)[O-])(C(C)C(C)(C)C)C(C(C)C(C)(C)C)(C(C)C(C)(C)C)C(C(C)C(C)(C)C)(C(C)C(C)(C)C)C(C(C)C(C)(C)C)(C(C)C(C)(C)C)C(C(C)C(C)(C)C)(C(C)C(C)(C)C)C(C)C(C)(C)C. The van der Waals surface area contributed by atoms with Crippen LogP contribution in [-0.2, 0) is 4.79 Å².